The molecule has 3 rings (SSSR count). The molecular formula is C11H11BrN2O. The zero-order chi connectivity index (χ0) is 10.5. The third kappa shape index (κ3) is 1.32. The molecule has 3 nitrogen and oxygen atoms in total. The summed E-state index contributed by atoms with van der Waals surface area (Å²) in [5.74, 6) is 0.962. The maximum atomic E-state index is 5.30. The van der Waals surface area contributed by atoms with Crippen LogP contribution < -0.4 is 5.32 Å². The second kappa shape index (κ2) is 3.06. The normalized spacial score (nSPS) is 21.3. The van der Waals surface area contributed by atoms with Gasteiger partial charge in [0.2, 0.25) is 0 Å². The highest BCUT2D eigenvalue weighted by atomic mass is 79.9. The monoisotopic (exact) mass is 266 g/mol. The molecule has 2 heterocycles. The van der Waals surface area contributed by atoms with E-state index in [0.717, 1.165) is 16.0 Å². The molecule has 0 bridgehead atoms. The van der Waals surface area contributed by atoms with Gasteiger partial charge in [0.15, 0.2) is 0 Å². The van der Waals surface area contributed by atoms with Crippen molar-refractivity contribution < 1.29 is 4.74 Å². The number of nitrogens with one attached hydrogen (secondary N) is 1. The molecule has 2 aliphatic heterocycles. The molecule has 0 saturated carbocycles. The summed E-state index contributed by atoms with van der Waals surface area (Å²) in [4.78, 5) is 4.66. The molecule has 0 atom stereocenters. The van der Waals surface area contributed by atoms with Gasteiger partial charge in [0, 0.05) is 15.7 Å². The average Bonchev–Trinajstić information content (AvgIpc) is 2.13. The summed E-state index contributed by atoms with van der Waals surface area (Å²) in [5.41, 5.74) is 2.26. The lowest BCUT2D eigenvalue weighted by Gasteiger charge is -2.42. The van der Waals surface area contributed by atoms with Crippen LogP contribution in [-0.2, 0) is 10.3 Å². The van der Waals surface area contributed by atoms with Gasteiger partial charge in [0.1, 0.15) is 5.54 Å². The third-order valence-electron chi connectivity index (χ3n) is 2.86. The standard InChI is InChI=1S/C11H11BrN2O/c1-7-13-10-4-8(12)2-3-9(10)11(14-7)5-15-6-11/h2-4H,5-6H2,1H3,(H,13,14). The molecule has 1 spiro atoms. The lowest BCUT2D eigenvalue weighted by atomic mass is 9.86. The number of fused-ring (bicyclic) bond motifs is 2. The second-order valence-corrected chi connectivity index (χ2v) is 4.95. The summed E-state index contributed by atoms with van der Waals surface area (Å²) < 4.78 is 6.39. The minimum Gasteiger partial charge on any atom is -0.375 e. The zero-order valence-corrected chi connectivity index (χ0v) is 9.97. The minimum atomic E-state index is -0.120. The summed E-state index contributed by atoms with van der Waals surface area (Å²) in [6.07, 6.45) is 0. The molecule has 0 aromatic heterocycles. The number of hydrogen-bond acceptors (Lipinski definition) is 3. The van der Waals surface area contributed by atoms with E-state index in [1.165, 1.54) is 5.56 Å². The Morgan fingerprint density at radius 3 is 2.93 bits per heavy atom. The van der Waals surface area contributed by atoms with Gasteiger partial charge in [-0.1, -0.05) is 22.0 Å². The maximum Gasteiger partial charge on any atom is 0.136 e. The van der Waals surface area contributed by atoms with Crippen molar-refractivity contribution >= 4 is 27.5 Å². The van der Waals surface area contributed by atoms with E-state index in [9.17, 15) is 0 Å². The first-order valence-corrected chi connectivity index (χ1v) is 5.70. The Labute approximate surface area is 96.7 Å². The Balaban J connectivity index is 2.16. The van der Waals surface area contributed by atoms with Crippen LogP contribution >= 0.6 is 15.9 Å². The van der Waals surface area contributed by atoms with Gasteiger partial charge in [0.05, 0.1) is 19.0 Å². The van der Waals surface area contributed by atoms with E-state index in [1.54, 1.807) is 0 Å². The van der Waals surface area contributed by atoms with Crippen molar-refractivity contribution in [3.63, 3.8) is 0 Å². The van der Waals surface area contributed by atoms with Crippen LogP contribution in [0.3, 0.4) is 0 Å². The fourth-order valence-electron chi connectivity index (χ4n) is 2.15. The van der Waals surface area contributed by atoms with Gasteiger partial charge in [-0.3, -0.25) is 4.99 Å². The lowest BCUT2D eigenvalue weighted by Crippen LogP contribution is -2.48. The predicted molar refractivity (Wildman–Crippen MR) is 63.4 cm³/mol. The van der Waals surface area contributed by atoms with Gasteiger partial charge in [0.25, 0.3) is 0 Å². The number of ether oxygens (including phenoxy) is 1. The number of nitrogens with zero attached hydrogens (tertiary/aromatic N) is 1. The zero-order valence-electron chi connectivity index (χ0n) is 8.38. The first-order valence-electron chi connectivity index (χ1n) is 4.91. The summed E-state index contributed by atoms with van der Waals surface area (Å²) in [6, 6.07) is 6.26. The molecule has 0 aliphatic carbocycles. The van der Waals surface area contributed by atoms with Crippen LogP contribution in [0.25, 0.3) is 0 Å². The average molecular weight is 267 g/mol. The minimum absolute atomic E-state index is 0.120. The van der Waals surface area contributed by atoms with Crippen LogP contribution in [0, 0.1) is 0 Å². The molecular weight excluding hydrogens is 256 g/mol. The molecule has 1 aromatic carbocycles. The van der Waals surface area contributed by atoms with Crippen LogP contribution in [0.4, 0.5) is 5.69 Å². The number of hydrogen-bond donors (Lipinski definition) is 1. The maximum absolute atomic E-state index is 5.30. The fourth-order valence-corrected chi connectivity index (χ4v) is 2.51. The van der Waals surface area contributed by atoms with E-state index in [2.05, 4.69) is 44.4 Å². The summed E-state index contributed by atoms with van der Waals surface area (Å²) in [5, 5.41) is 3.29. The molecule has 0 radical (unpaired) electrons. The Morgan fingerprint density at radius 2 is 2.27 bits per heavy atom. The molecule has 78 valence electrons. The molecule has 0 unspecified atom stereocenters. The molecule has 15 heavy (non-hydrogen) atoms. The highest BCUT2D eigenvalue weighted by Crippen LogP contribution is 2.41. The van der Waals surface area contributed by atoms with Gasteiger partial charge in [-0.2, -0.15) is 0 Å². The fraction of sp³-hybridized carbons (Fsp3) is 0.364. The van der Waals surface area contributed by atoms with Crippen molar-refractivity contribution in [3.05, 3.63) is 28.2 Å². The van der Waals surface area contributed by atoms with Gasteiger partial charge in [-0.15, -0.1) is 0 Å². The van der Waals surface area contributed by atoms with Crippen LogP contribution in [0.15, 0.2) is 27.7 Å². The first-order chi connectivity index (χ1) is 7.20. The van der Waals surface area contributed by atoms with Crippen LogP contribution in [0.2, 0.25) is 0 Å². The van der Waals surface area contributed by atoms with Crippen molar-refractivity contribution in [2.24, 2.45) is 4.99 Å². The lowest BCUT2D eigenvalue weighted by molar-refractivity contribution is -0.0555. The van der Waals surface area contributed by atoms with Gasteiger partial charge >= 0.3 is 0 Å². The van der Waals surface area contributed by atoms with Crippen LogP contribution in [0.5, 0.6) is 0 Å². The molecule has 1 saturated heterocycles. The number of aliphatic imine (C=N–C) groups is 1. The summed E-state index contributed by atoms with van der Waals surface area (Å²) in [6.45, 7) is 3.38. The number of amidine groups is 1. The topological polar surface area (TPSA) is 33.6 Å². The van der Waals surface area contributed by atoms with E-state index in [4.69, 9.17) is 4.74 Å². The van der Waals surface area contributed by atoms with E-state index < -0.39 is 0 Å². The SMILES string of the molecule is CC1=NC2(COC2)c2ccc(Br)cc2N1. The van der Waals surface area contributed by atoms with E-state index in [1.807, 2.05) is 6.92 Å². The van der Waals surface area contributed by atoms with Crippen molar-refractivity contribution in [2.45, 2.75) is 12.5 Å². The van der Waals surface area contributed by atoms with E-state index in [-0.39, 0.29) is 5.54 Å². The van der Waals surface area contributed by atoms with Gasteiger partial charge < -0.3 is 10.1 Å². The quantitative estimate of drug-likeness (QED) is 0.783. The number of rotatable bonds is 0. The van der Waals surface area contributed by atoms with Crippen LogP contribution in [0.1, 0.15) is 12.5 Å². The van der Waals surface area contributed by atoms with Crippen molar-refractivity contribution in [1.29, 1.82) is 0 Å². The Morgan fingerprint density at radius 1 is 1.47 bits per heavy atom. The van der Waals surface area contributed by atoms with Crippen LogP contribution in [-0.4, -0.2) is 19.0 Å². The predicted octanol–water partition coefficient (Wildman–Crippen LogP) is 2.52. The molecule has 4 heteroatoms. The van der Waals surface area contributed by atoms with Crippen molar-refractivity contribution in [1.82, 2.24) is 0 Å². The summed E-state index contributed by atoms with van der Waals surface area (Å²) in [7, 11) is 0. The smallest absolute Gasteiger partial charge is 0.136 e. The Hall–Kier alpha value is -0.870. The van der Waals surface area contributed by atoms with Crippen molar-refractivity contribution in [2.75, 3.05) is 18.5 Å². The number of halogens is 1. The Kier molecular flexibility index (Phi) is 1.91. The largest absolute Gasteiger partial charge is 0.375 e. The molecule has 0 amide bonds. The van der Waals surface area contributed by atoms with E-state index >= 15 is 0 Å². The Bertz CT molecular complexity index is 452. The highest BCUT2D eigenvalue weighted by molar-refractivity contribution is 9.10. The van der Waals surface area contributed by atoms with Gasteiger partial charge in [-0.05, 0) is 19.1 Å². The first kappa shape index (κ1) is 9.36. The van der Waals surface area contributed by atoms with E-state index in [0.29, 0.717) is 13.2 Å². The molecule has 1 aromatic rings. The number of anilines is 1. The number of benzene rings is 1. The van der Waals surface area contributed by atoms with Gasteiger partial charge in [-0.25, -0.2) is 0 Å². The molecule has 1 N–H and O–H groups in total. The van der Waals surface area contributed by atoms with Crippen molar-refractivity contribution in [3.8, 4) is 0 Å². The molecule has 2 aliphatic rings. The second-order valence-electron chi connectivity index (χ2n) is 4.04. The highest BCUT2D eigenvalue weighted by Gasteiger charge is 2.43. The third-order valence-corrected chi connectivity index (χ3v) is 3.36. The molecule has 1 fully saturated rings. The summed E-state index contributed by atoms with van der Waals surface area (Å²) >= 11 is 3.48.